The fraction of sp³-hybridized carbons (Fsp3) is 0.333. The number of rotatable bonds is 4. The van der Waals surface area contributed by atoms with Crippen molar-refractivity contribution in [2.24, 2.45) is 17.8 Å². The van der Waals surface area contributed by atoms with Gasteiger partial charge in [0.1, 0.15) is 0 Å². The van der Waals surface area contributed by atoms with Crippen molar-refractivity contribution in [2.75, 3.05) is 14.1 Å². The maximum Gasteiger partial charge on any atom is 0.307 e. The zero-order chi connectivity index (χ0) is 20.1. The smallest absolute Gasteiger partial charge is 0.307 e. The number of hydrogen-bond donors (Lipinski definition) is 1. The van der Waals surface area contributed by atoms with Crippen LogP contribution in [0.4, 0.5) is 0 Å². The lowest BCUT2D eigenvalue weighted by atomic mass is 9.90. The molecule has 1 saturated carbocycles. The number of carbonyl (C=O) groups excluding carboxylic acids is 1. The van der Waals surface area contributed by atoms with Gasteiger partial charge in [-0.25, -0.2) is 0 Å². The van der Waals surface area contributed by atoms with Crippen molar-refractivity contribution in [2.45, 2.75) is 18.8 Å². The lowest BCUT2D eigenvalue weighted by Gasteiger charge is -2.21. The number of allylic oxidation sites excluding steroid dienone is 2. The van der Waals surface area contributed by atoms with Crippen molar-refractivity contribution in [3.05, 3.63) is 83.9 Å². The van der Waals surface area contributed by atoms with Gasteiger partial charge in [-0.15, -0.1) is 0 Å². The minimum atomic E-state index is -0.614. The van der Waals surface area contributed by atoms with Crippen LogP contribution in [0.15, 0.2) is 72.8 Å². The normalized spacial score (nSPS) is 21.9. The Labute approximate surface area is 166 Å². The topological polar surface area (TPSA) is 57.6 Å². The summed E-state index contributed by atoms with van der Waals surface area (Å²) < 4.78 is 0. The van der Waals surface area contributed by atoms with Gasteiger partial charge >= 0.3 is 5.97 Å². The highest BCUT2D eigenvalue weighted by molar-refractivity contribution is 5.86. The van der Waals surface area contributed by atoms with E-state index in [9.17, 15) is 9.59 Å². The fourth-order valence-corrected chi connectivity index (χ4v) is 4.09. The summed E-state index contributed by atoms with van der Waals surface area (Å²) in [6.07, 6.45) is 6.17. The quantitative estimate of drug-likeness (QED) is 0.813. The number of likely N-dealkylation sites (N-methyl/N-ethyl adjacent to an activating group) is 1. The Bertz CT molecular complexity index is 790. The van der Waals surface area contributed by atoms with E-state index in [0.29, 0.717) is 11.8 Å². The zero-order valence-corrected chi connectivity index (χ0v) is 16.4. The number of benzene rings is 2. The second kappa shape index (κ2) is 8.87. The maximum atomic E-state index is 12.4. The number of carbonyl (C=O) groups is 2. The number of carboxylic acid groups (broad SMARTS) is 1. The van der Waals surface area contributed by atoms with Crippen LogP contribution in [-0.4, -0.2) is 36.0 Å². The van der Waals surface area contributed by atoms with Crippen LogP contribution in [-0.2, 0) is 9.59 Å². The monoisotopic (exact) mass is 377 g/mol. The minimum Gasteiger partial charge on any atom is -0.481 e. The van der Waals surface area contributed by atoms with Crippen LogP contribution in [0.1, 0.15) is 29.9 Å². The average molecular weight is 377 g/mol. The Balaban J connectivity index is 0.000000188. The van der Waals surface area contributed by atoms with Crippen LogP contribution < -0.4 is 0 Å². The van der Waals surface area contributed by atoms with Gasteiger partial charge in [-0.1, -0.05) is 72.8 Å². The Morgan fingerprint density at radius 3 is 1.75 bits per heavy atom. The van der Waals surface area contributed by atoms with Crippen LogP contribution in [0, 0.1) is 17.8 Å². The first-order valence-electron chi connectivity index (χ1n) is 9.69. The van der Waals surface area contributed by atoms with Crippen molar-refractivity contribution in [3.8, 4) is 0 Å². The molecule has 4 rings (SSSR count). The number of hydrogen-bond acceptors (Lipinski definition) is 2. The molecular weight excluding hydrogens is 350 g/mol. The third-order valence-electron chi connectivity index (χ3n) is 5.55. The van der Waals surface area contributed by atoms with Gasteiger partial charge < -0.3 is 10.0 Å². The highest BCUT2D eigenvalue weighted by atomic mass is 16.4. The Kier molecular flexibility index (Phi) is 6.30. The van der Waals surface area contributed by atoms with E-state index in [2.05, 4.69) is 12.2 Å². The summed E-state index contributed by atoms with van der Waals surface area (Å²) in [6, 6.07) is 19.8. The second-order valence-corrected chi connectivity index (χ2v) is 7.71. The highest BCUT2D eigenvalue weighted by Gasteiger charge is 2.39. The summed E-state index contributed by atoms with van der Waals surface area (Å²) in [7, 11) is 3.59. The predicted octanol–water partition coefficient (Wildman–Crippen LogP) is 4.19. The predicted molar refractivity (Wildman–Crippen MR) is 110 cm³/mol. The lowest BCUT2D eigenvalue weighted by Crippen LogP contribution is -2.28. The van der Waals surface area contributed by atoms with Gasteiger partial charge in [0.15, 0.2) is 0 Å². The number of fused-ring (bicyclic) bond motifs is 2. The molecule has 3 unspecified atom stereocenters. The van der Waals surface area contributed by atoms with Gasteiger partial charge in [0.2, 0.25) is 5.91 Å². The minimum absolute atomic E-state index is 0.0741. The highest BCUT2D eigenvalue weighted by Crippen LogP contribution is 2.43. The molecule has 2 bridgehead atoms. The van der Waals surface area contributed by atoms with E-state index < -0.39 is 5.97 Å². The summed E-state index contributed by atoms with van der Waals surface area (Å²) >= 11 is 0. The van der Waals surface area contributed by atoms with Crippen molar-refractivity contribution in [3.63, 3.8) is 0 Å². The Morgan fingerprint density at radius 1 is 0.893 bits per heavy atom. The molecule has 1 fully saturated rings. The summed E-state index contributed by atoms with van der Waals surface area (Å²) in [5, 5.41) is 8.70. The van der Waals surface area contributed by atoms with Gasteiger partial charge in [0.25, 0.3) is 0 Å². The molecule has 146 valence electrons. The van der Waals surface area contributed by atoms with Crippen LogP contribution in [0.5, 0.6) is 0 Å². The first-order valence-corrected chi connectivity index (χ1v) is 9.69. The molecule has 1 N–H and O–H groups in total. The van der Waals surface area contributed by atoms with E-state index in [1.54, 1.807) is 19.0 Å². The maximum absolute atomic E-state index is 12.4. The largest absolute Gasteiger partial charge is 0.481 e. The van der Waals surface area contributed by atoms with E-state index in [0.717, 1.165) is 24.0 Å². The van der Waals surface area contributed by atoms with Gasteiger partial charge in [0.05, 0.1) is 11.8 Å². The van der Waals surface area contributed by atoms with Crippen molar-refractivity contribution >= 4 is 11.9 Å². The van der Waals surface area contributed by atoms with Gasteiger partial charge in [-0.2, -0.15) is 0 Å². The molecule has 0 spiro atoms. The SMILES string of the molecule is CN(C)C(=O)C(c1ccccc1)c1ccccc1.O=C(O)C1CC2C=CC1C2. The average Bonchev–Trinajstić information content (AvgIpc) is 3.34. The zero-order valence-electron chi connectivity index (χ0n) is 16.4. The molecule has 4 heteroatoms. The molecule has 0 aliphatic heterocycles. The Hall–Kier alpha value is -2.88. The molecule has 2 aliphatic rings. The van der Waals surface area contributed by atoms with Crippen LogP contribution in [0.2, 0.25) is 0 Å². The fourth-order valence-electron chi connectivity index (χ4n) is 4.09. The molecule has 2 aromatic rings. The van der Waals surface area contributed by atoms with Gasteiger partial charge in [0, 0.05) is 14.1 Å². The molecule has 0 saturated heterocycles. The molecular formula is C24H27NO3. The summed E-state index contributed by atoms with van der Waals surface area (Å²) in [5.74, 6) is 0.121. The van der Waals surface area contributed by atoms with Crippen LogP contribution >= 0.6 is 0 Å². The second-order valence-electron chi connectivity index (χ2n) is 7.71. The van der Waals surface area contributed by atoms with Gasteiger partial charge in [-0.3, -0.25) is 9.59 Å². The molecule has 2 aliphatic carbocycles. The lowest BCUT2D eigenvalue weighted by molar-refractivity contribution is -0.142. The van der Waals surface area contributed by atoms with E-state index in [-0.39, 0.29) is 17.7 Å². The Morgan fingerprint density at radius 2 is 1.43 bits per heavy atom. The van der Waals surface area contributed by atoms with E-state index >= 15 is 0 Å². The first-order chi connectivity index (χ1) is 13.5. The van der Waals surface area contributed by atoms with E-state index in [1.807, 2.05) is 60.7 Å². The third kappa shape index (κ3) is 4.50. The molecule has 1 amide bonds. The van der Waals surface area contributed by atoms with E-state index in [1.165, 1.54) is 0 Å². The number of amides is 1. The van der Waals surface area contributed by atoms with Crippen LogP contribution in [0.25, 0.3) is 0 Å². The molecule has 3 atom stereocenters. The number of carboxylic acids is 1. The van der Waals surface area contributed by atoms with Crippen molar-refractivity contribution in [1.29, 1.82) is 0 Å². The molecule has 0 heterocycles. The molecule has 28 heavy (non-hydrogen) atoms. The van der Waals surface area contributed by atoms with Gasteiger partial charge in [-0.05, 0) is 35.8 Å². The van der Waals surface area contributed by atoms with Crippen LogP contribution in [0.3, 0.4) is 0 Å². The molecule has 0 radical (unpaired) electrons. The standard InChI is InChI=1S/C16H17NO.C8H10O2/c1-17(2)16(18)15(13-9-5-3-6-10-13)14-11-7-4-8-12-14;9-8(10)7-4-5-1-2-6(7)3-5/h3-12,15H,1-2H3;1-2,5-7H,3-4H2,(H,9,10). The summed E-state index contributed by atoms with van der Waals surface area (Å²) in [4.78, 5) is 24.6. The molecule has 0 aromatic heterocycles. The van der Waals surface area contributed by atoms with E-state index in [4.69, 9.17) is 5.11 Å². The first kappa shape index (κ1) is 19.9. The number of aliphatic carboxylic acids is 1. The summed E-state index contributed by atoms with van der Waals surface area (Å²) in [5.41, 5.74) is 2.06. The molecule has 2 aromatic carbocycles. The molecule has 4 nitrogen and oxygen atoms in total. The third-order valence-corrected chi connectivity index (χ3v) is 5.55. The number of nitrogens with zero attached hydrogens (tertiary/aromatic N) is 1. The van der Waals surface area contributed by atoms with Crippen molar-refractivity contribution in [1.82, 2.24) is 4.90 Å². The van der Waals surface area contributed by atoms with Crippen molar-refractivity contribution < 1.29 is 14.7 Å². The summed E-state index contributed by atoms with van der Waals surface area (Å²) in [6.45, 7) is 0.